The molecule has 0 saturated carbocycles. The van der Waals surface area contributed by atoms with Crippen molar-refractivity contribution in [1.29, 1.82) is 5.26 Å². The summed E-state index contributed by atoms with van der Waals surface area (Å²) in [6.45, 7) is 11.0. The number of allylic oxidation sites excluding steroid dienone is 1. The van der Waals surface area contributed by atoms with Crippen LogP contribution in [0, 0.1) is 18.3 Å². The molecule has 0 aliphatic heterocycles. The van der Waals surface area contributed by atoms with E-state index in [-0.39, 0.29) is 6.04 Å². The van der Waals surface area contributed by atoms with Crippen molar-refractivity contribution in [2.45, 2.75) is 53.1 Å². The van der Waals surface area contributed by atoms with E-state index >= 15 is 0 Å². The summed E-state index contributed by atoms with van der Waals surface area (Å²) in [7, 11) is 3.86. The van der Waals surface area contributed by atoms with E-state index in [1.165, 1.54) is 11.6 Å². The molecule has 33 heavy (non-hydrogen) atoms. The van der Waals surface area contributed by atoms with Crippen molar-refractivity contribution < 1.29 is 0 Å². The fourth-order valence-electron chi connectivity index (χ4n) is 4.10. The van der Waals surface area contributed by atoms with Gasteiger partial charge in [0.2, 0.25) is 0 Å². The van der Waals surface area contributed by atoms with Crippen molar-refractivity contribution in [2.75, 3.05) is 11.9 Å². The third-order valence-electron chi connectivity index (χ3n) is 5.45. The Morgan fingerprint density at radius 1 is 1.15 bits per heavy atom. The molecule has 0 aliphatic rings. The number of pyridine rings is 2. The number of nitrogens with zero attached hydrogens (tertiary/aromatic N) is 7. The van der Waals surface area contributed by atoms with Crippen LogP contribution in [0.25, 0.3) is 11.0 Å². The Morgan fingerprint density at radius 3 is 2.33 bits per heavy atom. The van der Waals surface area contributed by atoms with E-state index in [9.17, 15) is 5.26 Å². The van der Waals surface area contributed by atoms with Crippen molar-refractivity contribution in [3.8, 4) is 6.07 Å². The summed E-state index contributed by atoms with van der Waals surface area (Å²) >= 11 is 12.3. The van der Waals surface area contributed by atoms with Crippen molar-refractivity contribution >= 4 is 39.9 Å². The van der Waals surface area contributed by atoms with Gasteiger partial charge in [0, 0.05) is 31.2 Å². The van der Waals surface area contributed by atoms with E-state index in [2.05, 4.69) is 36.1 Å². The maximum atomic E-state index is 9.56. The highest BCUT2D eigenvalue weighted by Gasteiger charge is 2.22. The molecule has 0 atom stereocenters. The number of nitriles is 1. The highest BCUT2D eigenvalue weighted by Crippen LogP contribution is 2.31. The zero-order chi connectivity index (χ0) is 24.4. The Labute approximate surface area is 205 Å². The monoisotopic (exact) mass is 485 g/mol. The second-order valence-electron chi connectivity index (χ2n) is 8.69. The molecule has 9 heteroatoms. The van der Waals surface area contributed by atoms with Gasteiger partial charge in [-0.2, -0.15) is 10.4 Å². The number of hydrogen-bond donors (Lipinski definition) is 0. The van der Waals surface area contributed by atoms with Crippen LogP contribution >= 0.6 is 23.2 Å². The Morgan fingerprint density at radius 2 is 1.79 bits per heavy atom. The van der Waals surface area contributed by atoms with Gasteiger partial charge in [0.05, 0.1) is 30.1 Å². The predicted octanol–water partition coefficient (Wildman–Crippen LogP) is 5.81. The molecule has 0 bridgehead atoms. The Hall–Kier alpha value is -2.82. The van der Waals surface area contributed by atoms with Crippen LogP contribution in [0.15, 0.2) is 30.1 Å². The standard InChI is InChI=1S/C24H29Cl2N7/c1-14(2)19-10-17(28-24-23(19)16(5)30-32(24)7)13-31(6)22(8-9-27)33(15(3)4)18-11-20(25)29-21(26)12-18/h8,10-12,14-15H,13H2,1-7H3/b22-8-. The number of fused-ring (bicyclic) bond motifs is 1. The van der Waals surface area contributed by atoms with Crippen LogP contribution in [0.1, 0.15) is 50.6 Å². The number of rotatable bonds is 7. The topological polar surface area (TPSA) is 73.9 Å². The third-order valence-corrected chi connectivity index (χ3v) is 5.83. The Kier molecular flexibility index (Phi) is 7.51. The van der Waals surface area contributed by atoms with Gasteiger partial charge >= 0.3 is 0 Å². The molecule has 0 radical (unpaired) electrons. The van der Waals surface area contributed by atoms with Crippen molar-refractivity contribution in [1.82, 2.24) is 24.6 Å². The van der Waals surface area contributed by atoms with Crippen molar-refractivity contribution in [3.63, 3.8) is 0 Å². The van der Waals surface area contributed by atoms with E-state index in [0.29, 0.717) is 28.6 Å². The van der Waals surface area contributed by atoms with Crippen molar-refractivity contribution in [2.24, 2.45) is 7.05 Å². The summed E-state index contributed by atoms with van der Waals surface area (Å²) in [6, 6.07) is 7.83. The molecular weight excluding hydrogens is 457 g/mol. The number of halogens is 2. The summed E-state index contributed by atoms with van der Waals surface area (Å²) < 4.78 is 1.83. The minimum atomic E-state index is 0.0305. The molecule has 3 aromatic rings. The fraction of sp³-hybridized carbons (Fsp3) is 0.417. The van der Waals surface area contributed by atoms with Crippen molar-refractivity contribution in [3.05, 3.63) is 57.4 Å². The fourth-order valence-corrected chi connectivity index (χ4v) is 4.55. The molecule has 3 aromatic heterocycles. The first-order valence-electron chi connectivity index (χ1n) is 10.8. The maximum Gasteiger partial charge on any atom is 0.158 e. The molecule has 0 spiro atoms. The van der Waals surface area contributed by atoms with Gasteiger partial charge in [0.1, 0.15) is 16.1 Å². The smallest absolute Gasteiger partial charge is 0.158 e. The van der Waals surface area contributed by atoms with Gasteiger partial charge < -0.3 is 9.80 Å². The molecule has 0 N–H and O–H groups in total. The van der Waals surface area contributed by atoms with Gasteiger partial charge in [-0.3, -0.25) is 4.68 Å². The summed E-state index contributed by atoms with van der Waals surface area (Å²) in [4.78, 5) is 13.0. The summed E-state index contributed by atoms with van der Waals surface area (Å²) in [6.07, 6.45) is 1.53. The summed E-state index contributed by atoms with van der Waals surface area (Å²) in [5.41, 5.74) is 4.72. The first-order valence-corrected chi connectivity index (χ1v) is 11.5. The Bertz CT molecular complexity index is 1220. The largest absolute Gasteiger partial charge is 0.355 e. The molecular formula is C24H29Cl2N7. The normalized spacial score (nSPS) is 12.0. The van der Waals surface area contributed by atoms with E-state index in [0.717, 1.165) is 28.1 Å². The molecule has 0 unspecified atom stereocenters. The van der Waals surface area contributed by atoms with E-state index < -0.39 is 0 Å². The van der Waals surface area contributed by atoms with Gasteiger partial charge in [-0.15, -0.1) is 0 Å². The van der Waals surface area contributed by atoms with Gasteiger partial charge in [0.15, 0.2) is 5.65 Å². The van der Waals surface area contributed by atoms with Crippen LogP contribution in [0.4, 0.5) is 5.69 Å². The van der Waals surface area contributed by atoms with Gasteiger partial charge in [-0.25, -0.2) is 9.97 Å². The van der Waals surface area contributed by atoms with Crippen LogP contribution in [0.2, 0.25) is 10.3 Å². The minimum Gasteiger partial charge on any atom is -0.355 e. The molecule has 0 aromatic carbocycles. The van der Waals surface area contributed by atoms with E-state index in [1.807, 2.05) is 49.3 Å². The van der Waals surface area contributed by atoms with E-state index in [1.54, 1.807) is 12.1 Å². The average Bonchev–Trinajstić information content (AvgIpc) is 2.99. The SMILES string of the molecule is Cc1nn(C)c2nc(CN(C)/C(=C/C#N)N(c3cc(Cl)nc(Cl)c3)C(C)C)cc(C(C)C)c12. The number of hydrogen-bond acceptors (Lipinski definition) is 6. The molecule has 3 rings (SSSR count). The second-order valence-corrected chi connectivity index (χ2v) is 9.46. The van der Waals surface area contributed by atoms with Gasteiger partial charge in [0.25, 0.3) is 0 Å². The number of aryl methyl sites for hydroxylation is 2. The first kappa shape index (κ1) is 24.8. The zero-order valence-corrected chi connectivity index (χ0v) is 21.6. The molecule has 7 nitrogen and oxygen atoms in total. The van der Waals surface area contributed by atoms with Crippen LogP contribution < -0.4 is 4.90 Å². The molecule has 0 amide bonds. The highest BCUT2D eigenvalue weighted by atomic mass is 35.5. The quantitative estimate of drug-likeness (QED) is 0.310. The van der Waals surface area contributed by atoms with Crippen LogP contribution in [-0.2, 0) is 13.6 Å². The van der Waals surface area contributed by atoms with Crippen LogP contribution in [-0.4, -0.2) is 37.7 Å². The Balaban J connectivity index is 2.05. The molecule has 0 aliphatic carbocycles. The third kappa shape index (κ3) is 5.23. The van der Waals surface area contributed by atoms with E-state index in [4.69, 9.17) is 28.2 Å². The lowest BCUT2D eigenvalue weighted by Crippen LogP contribution is -2.38. The summed E-state index contributed by atoms with van der Waals surface area (Å²) in [5, 5.41) is 15.8. The number of aromatic nitrogens is 4. The van der Waals surface area contributed by atoms with Gasteiger partial charge in [-0.1, -0.05) is 37.0 Å². The predicted molar refractivity (Wildman–Crippen MR) is 134 cm³/mol. The lowest BCUT2D eigenvalue weighted by atomic mass is 9.98. The highest BCUT2D eigenvalue weighted by molar-refractivity contribution is 6.32. The molecule has 174 valence electrons. The molecule has 0 fully saturated rings. The molecule has 0 saturated heterocycles. The minimum absolute atomic E-state index is 0.0305. The second kappa shape index (κ2) is 9.98. The van der Waals surface area contributed by atoms with Crippen LogP contribution in [0.3, 0.4) is 0 Å². The summed E-state index contributed by atoms with van der Waals surface area (Å²) in [5.74, 6) is 1.03. The maximum absolute atomic E-state index is 9.56. The lowest BCUT2D eigenvalue weighted by molar-refractivity contribution is 0.384. The first-order chi connectivity index (χ1) is 15.5. The average molecular weight is 486 g/mol. The number of anilines is 1. The van der Waals surface area contributed by atoms with Crippen LogP contribution in [0.5, 0.6) is 0 Å². The van der Waals surface area contributed by atoms with Gasteiger partial charge in [-0.05, 0) is 50.5 Å². The lowest BCUT2D eigenvalue weighted by Gasteiger charge is -2.36. The zero-order valence-electron chi connectivity index (χ0n) is 20.1. The molecule has 3 heterocycles.